The Balaban J connectivity index is 1.50. The first-order chi connectivity index (χ1) is 16.7. The molecule has 0 saturated heterocycles. The fourth-order valence-electron chi connectivity index (χ4n) is 4.06. The predicted molar refractivity (Wildman–Crippen MR) is 123 cm³/mol. The molecule has 1 aliphatic carbocycles. The zero-order chi connectivity index (χ0) is 25.0. The van der Waals surface area contributed by atoms with Crippen molar-refractivity contribution in [1.29, 1.82) is 0 Å². The summed E-state index contributed by atoms with van der Waals surface area (Å²) in [5.41, 5.74) is 0.842. The summed E-state index contributed by atoms with van der Waals surface area (Å²) in [6, 6.07) is 15.5. The Kier molecular flexibility index (Phi) is 6.97. The highest BCUT2D eigenvalue weighted by Gasteiger charge is 2.35. The average Bonchev–Trinajstić information content (AvgIpc) is 2.84. The van der Waals surface area contributed by atoms with Gasteiger partial charge in [0.05, 0.1) is 11.4 Å². The van der Waals surface area contributed by atoms with Gasteiger partial charge in [0.15, 0.2) is 6.61 Å². The molecule has 35 heavy (non-hydrogen) atoms. The van der Waals surface area contributed by atoms with Crippen molar-refractivity contribution in [2.45, 2.75) is 24.9 Å². The van der Waals surface area contributed by atoms with Crippen molar-refractivity contribution in [3.05, 3.63) is 89.5 Å². The fraction of sp³-hybridized carbons (Fsp3) is 0.231. The molecule has 0 bridgehead atoms. The minimum atomic E-state index is -1.36. The molecule has 4 rings (SSSR count). The summed E-state index contributed by atoms with van der Waals surface area (Å²) in [7, 11) is 0. The molecular weight excluding hydrogens is 460 g/mol. The number of halogens is 2. The fourth-order valence-corrected chi connectivity index (χ4v) is 4.06. The number of hydrogen-bond acceptors (Lipinski definition) is 5. The van der Waals surface area contributed by atoms with Crippen LogP contribution in [-0.2, 0) is 22.4 Å². The number of carbonyl (C=O) groups is 2. The highest BCUT2D eigenvalue weighted by molar-refractivity contribution is 5.95. The minimum Gasteiger partial charge on any atom is -0.482 e. The topological polar surface area (TPSA) is 96.3 Å². The van der Waals surface area contributed by atoms with Gasteiger partial charge in [0.1, 0.15) is 29.6 Å². The van der Waals surface area contributed by atoms with Crippen LogP contribution in [-0.4, -0.2) is 41.1 Å². The third kappa shape index (κ3) is 5.75. The number of anilines is 2. The van der Waals surface area contributed by atoms with E-state index in [1.807, 2.05) is 0 Å². The number of aliphatic hydroxyl groups is 1. The molecule has 0 unspecified atom stereocenters. The van der Waals surface area contributed by atoms with Gasteiger partial charge in [0.2, 0.25) is 0 Å². The van der Waals surface area contributed by atoms with Crippen molar-refractivity contribution in [1.82, 2.24) is 0 Å². The van der Waals surface area contributed by atoms with Crippen LogP contribution in [0.2, 0.25) is 0 Å². The zero-order valence-electron chi connectivity index (χ0n) is 18.6. The third-order valence-electron chi connectivity index (χ3n) is 5.76. The number of rotatable bonds is 7. The van der Waals surface area contributed by atoms with Crippen LogP contribution in [0.5, 0.6) is 5.75 Å². The van der Waals surface area contributed by atoms with Crippen molar-refractivity contribution in [2.24, 2.45) is 0 Å². The van der Waals surface area contributed by atoms with Crippen LogP contribution in [0.25, 0.3) is 0 Å². The third-order valence-corrected chi connectivity index (χ3v) is 5.76. The quantitative estimate of drug-likeness (QED) is 0.509. The largest absolute Gasteiger partial charge is 0.482 e. The predicted octanol–water partition coefficient (Wildman–Crippen LogP) is 4.62. The molecule has 1 aliphatic rings. The molecule has 7 nitrogen and oxygen atoms in total. The SMILES string of the molecule is O=C(O)COc1cccc2c1CC[C@](O)(COC(=O)N(c1ccc(F)cc1)c1ccc(F)cc1)C2. The summed E-state index contributed by atoms with van der Waals surface area (Å²) in [6.07, 6.45) is 0.0144. The number of aliphatic carboxylic acids is 1. The van der Waals surface area contributed by atoms with E-state index in [1.165, 1.54) is 48.5 Å². The van der Waals surface area contributed by atoms with Crippen LogP contribution < -0.4 is 9.64 Å². The van der Waals surface area contributed by atoms with E-state index in [0.29, 0.717) is 23.5 Å². The summed E-state index contributed by atoms with van der Waals surface area (Å²) < 4.78 is 37.7. The van der Waals surface area contributed by atoms with Crippen LogP contribution in [0.15, 0.2) is 66.7 Å². The van der Waals surface area contributed by atoms with Crippen LogP contribution in [0.1, 0.15) is 17.5 Å². The number of ether oxygens (including phenoxy) is 2. The van der Waals surface area contributed by atoms with Gasteiger partial charge in [-0.1, -0.05) is 12.1 Å². The maximum atomic E-state index is 13.4. The highest BCUT2D eigenvalue weighted by atomic mass is 19.1. The first-order valence-electron chi connectivity index (χ1n) is 10.9. The molecule has 0 heterocycles. The van der Waals surface area contributed by atoms with Crippen LogP contribution in [0.4, 0.5) is 25.0 Å². The Morgan fingerprint density at radius 2 is 1.54 bits per heavy atom. The van der Waals surface area contributed by atoms with Crippen molar-refractivity contribution >= 4 is 23.4 Å². The lowest BCUT2D eigenvalue weighted by atomic mass is 9.80. The smallest absolute Gasteiger partial charge is 0.419 e. The first kappa shape index (κ1) is 24.2. The number of hydrogen-bond donors (Lipinski definition) is 2. The maximum absolute atomic E-state index is 13.4. The number of amides is 1. The molecule has 3 aromatic carbocycles. The van der Waals surface area contributed by atoms with E-state index in [0.717, 1.165) is 16.0 Å². The molecule has 3 aromatic rings. The molecule has 0 saturated carbocycles. The van der Waals surface area contributed by atoms with Gasteiger partial charge < -0.3 is 19.7 Å². The number of carboxylic acid groups (broad SMARTS) is 1. The van der Waals surface area contributed by atoms with Crippen molar-refractivity contribution in [2.75, 3.05) is 18.1 Å². The van der Waals surface area contributed by atoms with E-state index < -0.39 is 35.9 Å². The van der Waals surface area contributed by atoms with Gasteiger partial charge in [-0.3, -0.25) is 0 Å². The lowest BCUT2D eigenvalue weighted by Crippen LogP contribution is -2.42. The second-order valence-corrected chi connectivity index (χ2v) is 8.32. The van der Waals surface area contributed by atoms with Crippen molar-refractivity contribution in [3.63, 3.8) is 0 Å². The van der Waals surface area contributed by atoms with Crippen LogP contribution >= 0.6 is 0 Å². The van der Waals surface area contributed by atoms with Gasteiger partial charge in [0.25, 0.3) is 0 Å². The second kappa shape index (κ2) is 10.1. The highest BCUT2D eigenvalue weighted by Crippen LogP contribution is 2.35. The lowest BCUT2D eigenvalue weighted by molar-refractivity contribution is -0.139. The minimum absolute atomic E-state index is 0.174. The summed E-state index contributed by atoms with van der Waals surface area (Å²) in [6.45, 7) is -0.786. The molecule has 182 valence electrons. The summed E-state index contributed by atoms with van der Waals surface area (Å²) in [5.74, 6) is -1.61. The number of carboxylic acids is 1. The summed E-state index contributed by atoms with van der Waals surface area (Å²) in [5, 5.41) is 20.0. The van der Waals surface area contributed by atoms with Gasteiger partial charge in [-0.25, -0.2) is 23.3 Å². The van der Waals surface area contributed by atoms with Gasteiger partial charge >= 0.3 is 12.1 Å². The van der Waals surface area contributed by atoms with Crippen molar-refractivity contribution < 1.29 is 38.1 Å². The summed E-state index contributed by atoms with van der Waals surface area (Å²) >= 11 is 0. The number of fused-ring (bicyclic) bond motifs is 1. The number of carbonyl (C=O) groups excluding carboxylic acids is 1. The molecule has 0 fully saturated rings. The molecule has 0 aliphatic heterocycles. The Hall–Kier alpha value is -3.98. The van der Waals surface area contributed by atoms with E-state index in [4.69, 9.17) is 14.6 Å². The molecule has 9 heteroatoms. The Morgan fingerprint density at radius 3 is 2.11 bits per heavy atom. The molecule has 1 amide bonds. The van der Waals surface area contributed by atoms with E-state index in [9.17, 15) is 23.5 Å². The molecular formula is C26H23F2NO6. The van der Waals surface area contributed by atoms with E-state index in [1.54, 1.807) is 18.2 Å². The number of nitrogens with zero attached hydrogens (tertiary/aromatic N) is 1. The summed E-state index contributed by atoms with van der Waals surface area (Å²) in [4.78, 5) is 25.1. The lowest BCUT2D eigenvalue weighted by Gasteiger charge is -2.34. The van der Waals surface area contributed by atoms with E-state index >= 15 is 0 Å². The van der Waals surface area contributed by atoms with Crippen molar-refractivity contribution in [3.8, 4) is 5.75 Å². The normalized spacial score (nSPS) is 16.8. The molecule has 0 spiro atoms. The van der Waals surface area contributed by atoms with Crippen LogP contribution in [0, 0.1) is 11.6 Å². The Bertz CT molecular complexity index is 1170. The van der Waals surface area contributed by atoms with Gasteiger partial charge in [0, 0.05) is 6.42 Å². The van der Waals surface area contributed by atoms with Crippen LogP contribution in [0.3, 0.4) is 0 Å². The van der Waals surface area contributed by atoms with E-state index in [-0.39, 0.29) is 19.4 Å². The maximum Gasteiger partial charge on any atom is 0.419 e. The molecule has 1 atom stereocenters. The molecule has 0 aromatic heterocycles. The number of benzene rings is 3. The first-order valence-corrected chi connectivity index (χ1v) is 10.9. The average molecular weight is 483 g/mol. The monoisotopic (exact) mass is 483 g/mol. The molecule has 2 N–H and O–H groups in total. The van der Waals surface area contributed by atoms with E-state index in [2.05, 4.69) is 0 Å². The van der Waals surface area contributed by atoms with Gasteiger partial charge in [-0.05, 0) is 78.6 Å². The van der Waals surface area contributed by atoms with Gasteiger partial charge in [-0.15, -0.1) is 0 Å². The Labute approximate surface area is 200 Å². The van der Waals surface area contributed by atoms with Gasteiger partial charge in [-0.2, -0.15) is 0 Å². The zero-order valence-corrected chi connectivity index (χ0v) is 18.6. The second-order valence-electron chi connectivity index (χ2n) is 8.32. The molecule has 0 radical (unpaired) electrons. The standard InChI is InChI=1S/C26H23F2NO6/c27-18-4-8-20(9-5-18)29(21-10-6-19(28)7-11-21)25(32)35-16-26(33)13-12-22-17(14-26)2-1-3-23(22)34-15-24(30)31/h1-11,33H,12-16H2,(H,30,31)/t26-/m1/s1. The Morgan fingerprint density at radius 1 is 0.943 bits per heavy atom.